The Labute approximate surface area is 97.5 Å². The molecule has 1 N–H and O–H groups in total. The fourth-order valence-corrected chi connectivity index (χ4v) is 1.61. The van der Waals surface area contributed by atoms with E-state index < -0.39 is 0 Å². The number of anilines is 1. The summed E-state index contributed by atoms with van der Waals surface area (Å²) in [4.78, 5) is 15.4. The summed E-state index contributed by atoms with van der Waals surface area (Å²) >= 11 is 5.86. The standard InChI is InChI=1S/C11H10ClN3O/c1-3-10(16)14-11-13-8-6-7(12)4-5-9(8)15(11)2/h3-6H,1H2,2H3,(H,13,14,16). The van der Waals surface area contributed by atoms with Crippen molar-refractivity contribution < 1.29 is 4.79 Å². The number of amides is 1. The Bertz CT molecular complexity index is 574. The van der Waals surface area contributed by atoms with Crippen molar-refractivity contribution >= 4 is 34.5 Å². The molecule has 16 heavy (non-hydrogen) atoms. The van der Waals surface area contributed by atoms with Crippen LogP contribution < -0.4 is 5.32 Å². The van der Waals surface area contributed by atoms with Crippen LogP contribution in [-0.4, -0.2) is 15.5 Å². The number of nitrogens with one attached hydrogen (secondary N) is 1. The van der Waals surface area contributed by atoms with Crippen LogP contribution in [-0.2, 0) is 11.8 Å². The van der Waals surface area contributed by atoms with E-state index in [0.29, 0.717) is 11.0 Å². The van der Waals surface area contributed by atoms with Crippen molar-refractivity contribution in [1.82, 2.24) is 9.55 Å². The van der Waals surface area contributed by atoms with E-state index >= 15 is 0 Å². The van der Waals surface area contributed by atoms with Crippen LogP contribution in [0.15, 0.2) is 30.9 Å². The summed E-state index contributed by atoms with van der Waals surface area (Å²) in [6.07, 6.45) is 1.20. The highest BCUT2D eigenvalue weighted by Crippen LogP contribution is 2.21. The SMILES string of the molecule is C=CC(=O)Nc1nc2cc(Cl)ccc2n1C. The number of nitrogens with zero attached hydrogens (tertiary/aromatic N) is 2. The molecule has 0 aliphatic carbocycles. The zero-order valence-corrected chi connectivity index (χ0v) is 9.45. The van der Waals surface area contributed by atoms with Gasteiger partial charge in [0, 0.05) is 12.1 Å². The average Bonchev–Trinajstić information content (AvgIpc) is 2.55. The molecule has 1 aromatic heterocycles. The maximum atomic E-state index is 11.2. The summed E-state index contributed by atoms with van der Waals surface area (Å²) in [7, 11) is 1.82. The Balaban J connectivity index is 2.51. The molecule has 0 bridgehead atoms. The van der Waals surface area contributed by atoms with Gasteiger partial charge in [0.15, 0.2) is 0 Å². The lowest BCUT2D eigenvalue weighted by molar-refractivity contribution is -0.111. The largest absolute Gasteiger partial charge is 0.313 e. The molecule has 2 rings (SSSR count). The number of rotatable bonds is 2. The average molecular weight is 236 g/mol. The van der Waals surface area contributed by atoms with Crippen molar-refractivity contribution in [3.05, 3.63) is 35.9 Å². The Morgan fingerprint density at radius 1 is 1.62 bits per heavy atom. The Hall–Kier alpha value is -1.81. The number of fused-ring (bicyclic) bond motifs is 1. The highest BCUT2D eigenvalue weighted by Gasteiger charge is 2.09. The van der Waals surface area contributed by atoms with Gasteiger partial charge in [-0.15, -0.1) is 0 Å². The fourth-order valence-electron chi connectivity index (χ4n) is 1.45. The minimum atomic E-state index is -0.287. The molecule has 1 heterocycles. The van der Waals surface area contributed by atoms with E-state index in [1.807, 2.05) is 13.1 Å². The highest BCUT2D eigenvalue weighted by molar-refractivity contribution is 6.31. The van der Waals surface area contributed by atoms with Crippen LogP contribution in [0.5, 0.6) is 0 Å². The third-order valence-electron chi connectivity index (χ3n) is 2.26. The number of imidazole rings is 1. The smallest absolute Gasteiger partial charge is 0.250 e. The maximum Gasteiger partial charge on any atom is 0.250 e. The third kappa shape index (κ3) is 1.79. The fraction of sp³-hybridized carbons (Fsp3) is 0.0909. The molecular formula is C11H10ClN3O. The molecule has 0 saturated carbocycles. The van der Waals surface area contributed by atoms with Gasteiger partial charge in [0.2, 0.25) is 11.9 Å². The first-order chi connectivity index (χ1) is 7.61. The van der Waals surface area contributed by atoms with Gasteiger partial charge in [-0.3, -0.25) is 10.1 Å². The predicted octanol–water partition coefficient (Wildman–Crippen LogP) is 2.35. The molecule has 2 aromatic rings. The highest BCUT2D eigenvalue weighted by atomic mass is 35.5. The Kier molecular flexibility index (Phi) is 2.66. The molecule has 1 aromatic carbocycles. The molecule has 0 aliphatic rings. The summed E-state index contributed by atoms with van der Waals surface area (Å²) in [6.45, 7) is 3.38. The monoisotopic (exact) mass is 235 g/mol. The van der Waals surface area contributed by atoms with Crippen LogP contribution in [0.1, 0.15) is 0 Å². The number of hydrogen-bond acceptors (Lipinski definition) is 2. The van der Waals surface area contributed by atoms with Crippen LogP contribution in [0.2, 0.25) is 5.02 Å². The molecule has 0 atom stereocenters. The van der Waals surface area contributed by atoms with Crippen LogP contribution in [0.3, 0.4) is 0 Å². The van der Waals surface area contributed by atoms with Crippen molar-refractivity contribution in [3.8, 4) is 0 Å². The summed E-state index contributed by atoms with van der Waals surface area (Å²) in [5, 5.41) is 3.24. The molecule has 0 saturated heterocycles. The summed E-state index contributed by atoms with van der Waals surface area (Å²) in [5.41, 5.74) is 1.65. The molecule has 82 valence electrons. The quantitative estimate of drug-likeness (QED) is 0.813. The lowest BCUT2D eigenvalue weighted by Crippen LogP contribution is -2.11. The van der Waals surface area contributed by atoms with Gasteiger partial charge in [0.05, 0.1) is 11.0 Å². The molecule has 0 unspecified atom stereocenters. The van der Waals surface area contributed by atoms with Gasteiger partial charge in [0.1, 0.15) is 0 Å². The van der Waals surface area contributed by atoms with E-state index in [1.54, 1.807) is 16.7 Å². The molecule has 4 nitrogen and oxygen atoms in total. The topological polar surface area (TPSA) is 46.9 Å². The lowest BCUT2D eigenvalue weighted by atomic mass is 10.3. The van der Waals surface area contributed by atoms with Crippen molar-refractivity contribution in [3.63, 3.8) is 0 Å². The van der Waals surface area contributed by atoms with Crippen LogP contribution in [0.25, 0.3) is 11.0 Å². The summed E-state index contributed by atoms with van der Waals surface area (Å²) < 4.78 is 1.78. The molecule has 1 amide bonds. The second kappa shape index (κ2) is 3.98. The van der Waals surface area contributed by atoms with Gasteiger partial charge < -0.3 is 4.57 Å². The van der Waals surface area contributed by atoms with Crippen molar-refractivity contribution in [2.24, 2.45) is 7.05 Å². The van der Waals surface area contributed by atoms with Crippen molar-refractivity contribution in [2.45, 2.75) is 0 Å². The van der Waals surface area contributed by atoms with E-state index in [0.717, 1.165) is 11.0 Å². The number of benzene rings is 1. The van der Waals surface area contributed by atoms with E-state index in [9.17, 15) is 4.79 Å². The van der Waals surface area contributed by atoms with Crippen LogP contribution >= 0.6 is 11.6 Å². The first kappa shape index (κ1) is 10.7. The zero-order chi connectivity index (χ0) is 11.7. The second-order valence-electron chi connectivity index (χ2n) is 3.32. The van der Waals surface area contributed by atoms with E-state index in [4.69, 9.17) is 11.6 Å². The van der Waals surface area contributed by atoms with Crippen molar-refractivity contribution in [2.75, 3.05) is 5.32 Å². The van der Waals surface area contributed by atoms with Gasteiger partial charge in [0.25, 0.3) is 0 Å². The number of hydrogen-bond donors (Lipinski definition) is 1. The molecule has 0 radical (unpaired) electrons. The van der Waals surface area contributed by atoms with Gasteiger partial charge in [-0.05, 0) is 24.3 Å². The van der Waals surface area contributed by atoms with Gasteiger partial charge >= 0.3 is 0 Å². The zero-order valence-electron chi connectivity index (χ0n) is 8.70. The van der Waals surface area contributed by atoms with E-state index in [-0.39, 0.29) is 5.91 Å². The number of halogens is 1. The second-order valence-corrected chi connectivity index (χ2v) is 3.76. The first-order valence-electron chi connectivity index (χ1n) is 4.67. The van der Waals surface area contributed by atoms with Crippen LogP contribution in [0.4, 0.5) is 5.95 Å². The summed E-state index contributed by atoms with van der Waals surface area (Å²) in [5.74, 6) is 0.187. The number of aryl methyl sites for hydroxylation is 1. The van der Waals surface area contributed by atoms with Gasteiger partial charge in [-0.2, -0.15) is 0 Å². The van der Waals surface area contributed by atoms with Crippen molar-refractivity contribution in [1.29, 1.82) is 0 Å². The normalized spacial score (nSPS) is 10.4. The lowest BCUT2D eigenvalue weighted by Gasteiger charge is -2.01. The molecular weight excluding hydrogens is 226 g/mol. The molecule has 0 aliphatic heterocycles. The van der Waals surface area contributed by atoms with Gasteiger partial charge in [-0.25, -0.2) is 4.98 Å². The first-order valence-corrected chi connectivity index (χ1v) is 5.05. The minimum Gasteiger partial charge on any atom is -0.313 e. The Morgan fingerprint density at radius 3 is 3.06 bits per heavy atom. The molecule has 5 heteroatoms. The predicted molar refractivity (Wildman–Crippen MR) is 64.6 cm³/mol. The van der Waals surface area contributed by atoms with Gasteiger partial charge in [-0.1, -0.05) is 18.2 Å². The number of aromatic nitrogens is 2. The van der Waals surface area contributed by atoms with E-state index in [2.05, 4.69) is 16.9 Å². The third-order valence-corrected chi connectivity index (χ3v) is 2.50. The number of carbonyl (C=O) groups is 1. The Morgan fingerprint density at radius 2 is 2.38 bits per heavy atom. The van der Waals surface area contributed by atoms with E-state index in [1.165, 1.54) is 6.08 Å². The van der Waals surface area contributed by atoms with Crippen LogP contribution in [0, 0.1) is 0 Å². The minimum absolute atomic E-state index is 0.287. The molecule has 0 spiro atoms. The molecule has 0 fully saturated rings. The number of carbonyl (C=O) groups excluding carboxylic acids is 1. The summed E-state index contributed by atoms with van der Waals surface area (Å²) in [6, 6.07) is 5.39. The maximum absolute atomic E-state index is 11.2.